The number of rotatable bonds is 8. The standard InChI is InChI=1S/C22H32N4O/c27-18(11-10-16-6-4-5-7-16)12-13-19-21-20(26-25-19)14-15-23-22(21)24-17-8-2-1-3-9-17/h14-17H,1-13H2,(H,23,24)(H,25,26). The van der Waals surface area contributed by atoms with E-state index in [-0.39, 0.29) is 0 Å². The second-order valence-electron chi connectivity index (χ2n) is 8.46. The van der Waals surface area contributed by atoms with E-state index in [0.29, 0.717) is 18.2 Å². The zero-order valence-electron chi connectivity index (χ0n) is 16.3. The van der Waals surface area contributed by atoms with E-state index < -0.39 is 0 Å². The molecule has 0 saturated heterocycles. The third-order valence-electron chi connectivity index (χ3n) is 6.45. The van der Waals surface area contributed by atoms with Crippen LogP contribution in [0.2, 0.25) is 0 Å². The molecule has 2 aromatic heterocycles. The summed E-state index contributed by atoms with van der Waals surface area (Å²) >= 11 is 0. The molecule has 0 amide bonds. The minimum absolute atomic E-state index is 0.385. The molecule has 2 aromatic rings. The quantitative estimate of drug-likeness (QED) is 0.674. The van der Waals surface area contributed by atoms with Crippen molar-refractivity contribution >= 4 is 22.5 Å². The van der Waals surface area contributed by atoms with Crippen molar-refractivity contribution in [2.45, 2.75) is 89.5 Å². The van der Waals surface area contributed by atoms with Gasteiger partial charge in [-0.3, -0.25) is 9.89 Å². The van der Waals surface area contributed by atoms with Gasteiger partial charge in [0.2, 0.25) is 0 Å². The monoisotopic (exact) mass is 368 g/mol. The first kappa shape index (κ1) is 18.5. The highest BCUT2D eigenvalue weighted by atomic mass is 16.1. The minimum atomic E-state index is 0.385. The predicted octanol–water partition coefficient (Wildman–Crippen LogP) is 5.17. The molecule has 5 nitrogen and oxygen atoms in total. The van der Waals surface area contributed by atoms with Crippen LogP contribution < -0.4 is 5.32 Å². The molecular formula is C22H32N4O. The molecule has 0 radical (unpaired) electrons. The Morgan fingerprint density at radius 2 is 1.85 bits per heavy atom. The van der Waals surface area contributed by atoms with E-state index in [2.05, 4.69) is 20.5 Å². The Kier molecular flexibility index (Phi) is 6.05. The number of nitrogens with one attached hydrogen (secondary N) is 2. The number of Topliss-reactive ketones (excluding diaryl/α,β-unsaturated/α-hetero) is 1. The van der Waals surface area contributed by atoms with Crippen molar-refractivity contribution in [1.29, 1.82) is 0 Å². The van der Waals surface area contributed by atoms with Gasteiger partial charge in [0.05, 0.1) is 10.9 Å². The van der Waals surface area contributed by atoms with Gasteiger partial charge in [0, 0.05) is 30.8 Å². The predicted molar refractivity (Wildman–Crippen MR) is 109 cm³/mol. The molecule has 5 heteroatoms. The molecule has 2 N–H and O–H groups in total. The van der Waals surface area contributed by atoms with Crippen LogP contribution >= 0.6 is 0 Å². The van der Waals surface area contributed by atoms with Gasteiger partial charge in [-0.25, -0.2) is 4.98 Å². The van der Waals surface area contributed by atoms with Crippen molar-refractivity contribution in [3.63, 3.8) is 0 Å². The second-order valence-corrected chi connectivity index (χ2v) is 8.46. The number of carbonyl (C=O) groups excluding carboxylic acids is 1. The lowest BCUT2D eigenvalue weighted by atomic mass is 9.95. The normalized spacial score (nSPS) is 19.0. The molecule has 0 atom stereocenters. The molecule has 0 aliphatic heterocycles. The number of aromatic nitrogens is 3. The van der Waals surface area contributed by atoms with Gasteiger partial charge in [-0.05, 0) is 37.7 Å². The van der Waals surface area contributed by atoms with Crippen molar-refractivity contribution in [2.24, 2.45) is 5.92 Å². The van der Waals surface area contributed by atoms with Crippen molar-refractivity contribution in [3.8, 4) is 0 Å². The maximum absolute atomic E-state index is 12.4. The van der Waals surface area contributed by atoms with Crippen LogP contribution in [0.15, 0.2) is 12.3 Å². The second kappa shape index (κ2) is 8.85. The largest absolute Gasteiger partial charge is 0.367 e. The highest BCUT2D eigenvalue weighted by Crippen LogP contribution is 2.30. The van der Waals surface area contributed by atoms with E-state index in [4.69, 9.17) is 0 Å². The number of aromatic amines is 1. The van der Waals surface area contributed by atoms with Crippen LogP contribution in [0.5, 0.6) is 0 Å². The number of pyridine rings is 1. The van der Waals surface area contributed by atoms with E-state index >= 15 is 0 Å². The highest BCUT2D eigenvalue weighted by Gasteiger charge is 2.19. The maximum atomic E-state index is 12.4. The summed E-state index contributed by atoms with van der Waals surface area (Å²) in [6, 6.07) is 2.45. The first-order valence-electron chi connectivity index (χ1n) is 10.9. The number of carbonyl (C=O) groups is 1. The SMILES string of the molecule is O=C(CCc1[nH]nc2ccnc(NC3CCCCC3)c12)CCC1CCCC1. The number of anilines is 1. The molecule has 0 bridgehead atoms. The fraction of sp³-hybridized carbons (Fsp3) is 0.682. The number of ketones is 1. The van der Waals surface area contributed by atoms with Crippen LogP contribution in [0.4, 0.5) is 5.82 Å². The van der Waals surface area contributed by atoms with Gasteiger partial charge < -0.3 is 5.32 Å². The average Bonchev–Trinajstić information content (AvgIpc) is 3.36. The van der Waals surface area contributed by atoms with Crippen molar-refractivity contribution < 1.29 is 4.79 Å². The first-order valence-corrected chi connectivity index (χ1v) is 10.9. The fourth-order valence-corrected chi connectivity index (χ4v) is 4.81. The molecule has 27 heavy (non-hydrogen) atoms. The van der Waals surface area contributed by atoms with E-state index in [1.807, 2.05) is 12.3 Å². The molecule has 4 rings (SSSR count). The van der Waals surface area contributed by atoms with Gasteiger partial charge in [-0.1, -0.05) is 44.9 Å². The number of fused-ring (bicyclic) bond motifs is 1. The van der Waals surface area contributed by atoms with E-state index in [9.17, 15) is 4.79 Å². The van der Waals surface area contributed by atoms with Crippen LogP contribution in [0, 0.1) is 5.92 Å². The van der Waals surface area contributed by atoms with Gasteiger partial charge in [-0.15, -0.1) is 0 Å². The Morgan fingerprint density at radius 1 is 1.07 bits per heavy atom. The summed E-state index contributed by atoms with van der Waals surface area (Å²) in [6.07, 6.45) is 16.7. The van der Waals surface area contributed by atoms with Gasteiger partial charge in [0.1, 0.15) is 11.6 Å². The summed E-state index contributed by atoms with van der Waals surface area (Å²) in [4.78, 5) is 17.0. The smallest absolute Gasteiger partial charge is 0.137 e. The molecule has 0 unspecified atom stereocenters. The summed E-state index contributed by atoms with van der Waals surface area (Å²) < 4.78 is 0. The minimum Gasteiger partial charge on any atom is -0.367 e. The number of hydrogen-bond acceptors (Lipinski definition) is 4. The Hall–Kier alpha value is -1.91. The topological polar surface area (TPSA) is 70.7 Å². The summed E-state index contributed by atoms with van der Waals surface area (Å²) in [6.45, 7) is 0. The summed E-state index contributed by atoms with van der Waals surface area (Å²) in [7, 11) is 0. The van der Waals surface area contributed by atoms with Gasteiger partial charge in [0.15, 0.2) is 0 Å². The molecule has 0 aromatic carbocycles. The van der Waals surface area contributed by atoms with Gasteiger partial charge in [-0.2, -0.15) is 5.10 Å². The Labute approximate surface area is 161 Å². The van der Waals surface area contributed by atoms with Crippen molar-refractivity contribution in [1.82, 2.24) is 15.2 Å². The van der Waals surface area contributed by atoms with Crippen LogP contribution in [0.3, 0.4) is 0 Å². The molecular weight excluding hydrogens is 336 g/mol. The lowest BCUT2D eigenvalue weighted by Crippen LogP contribution is -2.23. The Balaban J connectivity index is 1.38. The zero-order chi connectivity index (χ0) is 18.5. The lowest BCUT2D eigenvalue weighted by molar-refractivity contribution is -0.119. The maximum Gasteiger partial charge on any atom is 0.137 e. The summed E-state index contributed by atoms with van der Waals surface area (Å²) in [5.74, 6) is 2.11. The molecule has 2 fully saturated rings. The van der Waals surface area contributed by atoms with Crippen LogP contribution in [-0.2, 0) is 11.2 Å². The highest BCUT2D eigenvalue weighted by molar-refractivity contribution is 5.92. The van der Waals surface area contributed by atoms with Crippen LogP contribution in [-0.4, -0.2) is 27.0 Å². The summed E-state index contributed by atoms with van der Waals surface area (Å²) in [5.41, 5.74) is 1.99. The molecule has 146 valence electrons. The lowest BCUT2D eigenvalue weighted by Gasteiger charge is -2.23. The summed E-state index contributed by atoms with van der Waals surface area (Å²) in [5, 5.41) is 12.3. The number of nitrogens with zero attached hydrogens (tertiary/aromatic N) is 2. The fourth-order valence-electron chi connectivity index (χ4n) is 4.81. The van der Waals surface area contributed by atoms with E-state index in [1.54, 1.807) is 0 Å². The molecule has 2 aliphatic rings. The van der Waals surface area contributed by atoms with E-state index in [0.717, 1.165) is 47.6 Å². The number of aryl methyl sites for hydroxylation is 1. The third-order valence-corrected chi connectivity index (χ3v) is 6.45. The Bertz CT molecular complexity index is 757. The molecule has 2 saturated carbocycles. The average molecular weight is 369 g/mol. The van der Waals surface area contributed by atoms with Gasteiger partial charge in [0.25, 0.3) is 0 Å². The van der Waals surface area contributed by atoms with Crippen LogP contribution in [0.25, 0.3) is 10.9 Å². The van der Waals surface area contributed by atoms with Crippen molar-refractivity contribution in [2.75, 3.05) is 5.32 Å². The van der Waals surface area contributed by atoms with Gasteiger partial charge >= 0.3 is 0 Å². The van der Waals surface area contributed by atoms with Crippen molar-refractivity contribution in [3.05, 3.63) is 18.0 Å². The molecule has 2 heterocycles. The number of hydrogen-bond donors (Lipinski definition) is 2. The Morgan fingerprint density at radius 3 is 2.67 bits per heavy atom. The van der Waals surface area contributed by atoms with E-state index in [1.165, 1.54) is 57.8 Å². The van der Waals surface area contributed by atoms with Crippen LogP contribution in [0.1, 0.15) is 82.7 Å². The zero-order valence-corrected chi connectivity index (χ0v) is 16.3. The third kappa shape index (κ3) is 4.69. The molecule has 2 aliphatic carbocycles. The molecule has 0 spiro atoms. The first-order chi connectivity index (χ1) is 13.3. The number of H-pyrrole nitrogens is 1.